The molecule has 1 saturated heterocycles. The Morgan fingerprint density at radius 2 is 1.54 bits per heavy atom. The van der Waals surface area contributed by atoms with Crippen molar-refractivity contribution in [3.8, 4) is 11.1 Å². The van der Waals surface area contributed by atoms with Crippen LogP contribution in [0.3, 0.4) is 0 Å². The molecular weight excluding hydrogens is 631 g/mol. The molecule has 11 heteroatoms. The van der Waals surface area contributed by atoms with Crippen LogP contribution in [0.25, 0.3) is 22.2 Å². The average molecular weight is 673 g/mol. The number of anilines is 2. The molecule has 0 unspecified atom stereocenters. The maximum atomic E-state index is 14.4. The van der Waals surface area contributed by atoms with Gasteiger partial charge in [0.1, 0.15) is 17.3 Å². The van der Waals surface area contributed by atoms with Crippen LogP contribution < -0.4 is 21.3 Å². The molecular formula is C39H41FN8O2. The molecule has 2 fully saturated rings. The summed E-state index contributed by atoms with van der Waals surface area (Å²) >= 11 is 0. The largest absolute Gasteiger partial charge is 0.349 e. The summed E-state index contributed by atoms with van der Waals surface area (Å²) in [6, 6.07) is 25.0. The summed E-state index contributed by atoms with van der Waals surface area (Å²) in [7, 11) is 0. The summed E-state index contributed by atoms with van der Waals surface area (Å²) in [6.07, 6.45) is 6.48. The summed E-state index contributed by atoms with van der Waals surface area (Å²) in [5.74, 6) is -0.972. The molecule has 1 aliphatic carbocycles. The zero-order chi connectivity index (χ0) is 34.3. The molecule has 0 radical (unpaired) electrons. The minimum atomic E-state index is -0.589. The van der Waals surface area contributed by atoms with Gasteiger partial charge in [0, 0.05) is 37.4 Å². The van der Waals surface area contributed by atoms with Gasteiger partial charge in [-0.15, -0.1) is 0 Å². The van der Waals surface area contributed by atoms with Crippen LogP contribution in [0.5, 0.6) is 0 Å². The number of para-hydroxylation sites is 2. The highest BCUT2D eigenvalue weighted by Gasteiger charge is 2.26. The van der Waals surface area contributed by atoms with Crippen LogP contribution >= 0.6 is 0 Å². The maximum Gasteiger partial charge on any atom is 0.271 e. The highest BCUT2D eigenvalue weighted by atomic mass is 19.1. The van der Waals surface area contributed by atoms with Crippen molar-refractivity contribution in [2.45, 2.75) is 50.7 Å². The minimum absolute atomic E-state index is 0.0442. The Morgan fingerprint density at radius 1 is 0.780 bits per heavy atom. The average Bonchev–Trinajstić information content (AvgIpc) is 3.42. The van der Waals surface area contributed by atoms with Crippen molar-refractivity contribution in [3.05, 3.63) is 114 Å². The second-order valence-electron chi connectivity index (χ2n) is 13.1. The lowest BCUT2D eigenvalue weighted by Gasteiger charge is -2.29. The number of carbonyl (C=O) groups excluding carboxylic acids is 2. The Balaban J connectivity index is 0.950. The molecule has 1 aliphatic heterocycles. The Labute approximate surface area is 290 Å². The number of halogens is 1. The van der Waals surface area contributed by atoms with E-state index in [-0.39, 0.29) is 35.1 Å². The molecule has 2 amide bonds. The summed E-state index contributed by atoms with van der Waals surface area (Å²) in [4.78, 5) is 41.8. The van der Waals surface area contributed by atoms with Crippen molar-refractivity contribution in [2.75, 3.05) is 31.5 Å². The van der Waals surface area contributed by atoms with Gasteiger partial charge in [-0.25, -0.2) is 14.4 Å². The number of rotatable bonds is 9. The third kappa shape index (κ3) is 8.30. The van der Waals surface area contributed by atoms with Gasteiger partial charge in [0.2, 0.25) is 0 Å². The smallest absolute Gasteiger partial charge is 0.271 e. The fraction of sp³-hybridized carbons (Fsp3) is 0.308. The first-order chi connectivity index (χ1) is 24.5. The third-order valence-electron chi connectivity index (χ3n) is 9.43. The standard InChI is InChI=1S/C39H41FN8O2/c40-29-22-33(38(49)45-30-13-15-31(16-14-30)46-39(50)36-24-42-34-7-1-2-8-35(34)47-36)37(43-23-29)44-32-6-3-5-28(21-32)27-11-9-26(10-12-27)25-48-19-4-17-41-18-20-48/h1-3,5-12,21-24,30-31,41H,4,13-20,25H2,(H,43,44)(H,45,49)(H,46,50). The molecule has 3 heterocycles. The molecule has 0 spiro atoms. The highest BCUT2D eigenvalue weighted by Crippen LogP contribution is 2.27. The Bertz CT molecular complexity index is 1950. The molecule has 256 valence electrons. The van der Waals surface area contributed by atoms with E-state index < -0.39 is 11.7 Å². The molecule has 10 nitrogen and oxygen atoms in total. The summed E-state index contributed by atoms with van der Waals surface area (Å²) in [5.41, 5.74) is 5.93. The number of pyridine rings is 1. The molecule has 50 heavy (non-hydrogen) atoms. The van der Waals surface area contributed by atoms with Crippen LogP contribution in [0.1, 0.15) is 58.5 Å². The quantitative estimate of drug-likeness (QED) is 0.154. The summed E-state index contributed by atoms with van der Waals surface area (Å²) in [6.45, 7) is 5.19. The summed E-state index contributed by atoms with van der Waals surface area (Å²) in [5, 5.41) is 12.8. The van der Waals surface area contributed by atoms with Crippen molar-refractivity contribution in [3.63, 3.8) is 0 Å². The van der Waals surface area contributed by atoms with E-state index in [4.69, 9.17) is 0 Å². The van der Waals surface area contributed by atoms with E-state index in [0.717, 1.165) is 67.7 Å². The maximum absolute atomic E-state index is 14.4. The second-order valence-corrected chi connectivity index (χ2v) is 13.1. The van der Waals surface area contributed by atoms with E-state index in [2.05, 4.69) is 65.4 Å². The van der Waals surface area contributed by atoms with Crippen LogP contribution in [0.4, 0.5) is 15.9 Å². The Kier molecular flexibility index (Phi) is 10.3. The number of benzene rings is 3. The lowest BCUT2D eigenvalue weighted by atomic mass is 9.91. The molecule has 2 aliphatic rings. The minimum Gasteiger partial charge on any atom is -0.349 e. The molecule has 4 N–H and O–H groups in total. The van der Waals surface area contributed by atoms with E-state index in [0.29, 0.717) is 31.2 Å². The molecule has 0 bridgehead atoms. The molecule has 0 atom stereocenters. The number of hydrogen-bond donors (Lipinski definition) is 4. The predicted molar refractivity (Wildman–Crippen MR) is 193 cm³/mol. The van der Waals surface area contributed by atoms with Crippen LogP contribution in [-0.2, 0) is 6.54 Å². The van der Waals surface area contributed by atoms with Crippen molar-refractivity contribution in [1.29, 1.82) is 0 Å². The third-order valence-corrected chi connectivity index (χ3v) is 9.43. The van der Waals surface area contributed by atoms with Crippen LogP contribution in [0, 0.1) is 5.82 Å². The number of hydrogen-bond acceptors (Lipinski definition) is 8. The van der Waals surface area contributed by atoms with Gasteiger partial charge in [-0.3, -0.25) is 19.5 Å². The van der Waals surface area contributed by atoms with Gasteiger partial charge >= 0.3 is 0 Å². The number of nitrogens with zero attached hydrogens (tertiary/aromatic N) is 4. The van der Waals surface area contributed by atoms with E-state index in [9.17, 15) is 14.0 Å². The second kappa shape index (κ2) is 15.5. The zero-order valence-electron chi connectivity index (χ0n) is 27.9. The van der Waals surface area contributed by atoms with E-state index in [1.807, 2.05) is 48.5 Å². The first-order valence-electron chi connectivity index (χ1n) is 17.4. The van der Waals surface area contributed by atoms with Gasteiger partial charge in [0.15, 0.2) is 0 Å². The topological polar surface area (TPSA) is 124 Å². The fourth-order valence-corrected chi connectivity index (χ4v) is 6.72. The first-order valence-corrected chi connectivity index (χ1v) is 17.4. The number of nitrogens with one attached hydrogen (secondary N) is 4. The SMILES string of the molecule is O=C(NC1CCC(NC(=O)c2cc(F)cnc2Nc2cccc(-c3ccc(CN4CCCNCC4)cc3)c2)CC1)c1cnc2ccccc2n1. The molecule has 5 aromatic rings. The van der Waals surface area contributed by atoms with Gasteiger partial charge in [0.05, 0.1) is 29.0 Å². The lowest BCUT2D eigenvalue weighted by molar-refractivity contribution is 0.0889. The van der Waals surface area contributed by atoms with Crippen LogP contribution in [0.2, 0.25) is 0 Å². The molecule has 3 aromatic carbocycles. The van der Waals surface area contributed by atoms with Gasteiger partial charge in [0.25, 0.3) is 11.8 Å². The highest BCUT2D eigenvalue weighted by molar-refractivity contribution is 5.99. The monoisotopic (exact) mass is 672 g/mol. The van der Waals surface area contributed by atoms with E-state index >= 15 is 0 Å². The fourth-order valence-electron chi connectivity index (χ4n) is 6.72. The molecule has 2 aromatic heterocycles. The van der Waals surface area contributed by atoms with Gasteiger partial charge in [-0.1, -0.05) is 48.5 Å². The van der Waals surface area contributed by atoms with E-state index in [1.54, 1.807) is 0 Å². The summed E-state index contributed by atoms with van der Waals surface area (Å²) < 4.78 is 14.4. The number of carbonyl (C=O) groups is 2. The molecule has 7 rings (SSSR count). The Hall–Kier alpha value is -5.26. The first kappa shape index (κ1) is 33.2. The van der Waals surface area contributed by atoms with Crippen molar-refractivity contribution in [1.82, 2.24) is 35.8 Å². The normalized spacial score (nSPS) is 18.3. The van der Waals surface area contributed by atoms with Crippen LogP contribution in [0.15, 0.2) is 91.3 Å². The number of amides is 2. The Morgan fingerprint density at radius 3 is 2.34 bits per heavy atom. The number of fused-ring (bicyclic) bond motifs is 1. The molecule has 1 saturated carbocycles. The van der Waals surface area contributed by atoms with Crippen molar-refractivity contribution < 1.29 is 14.0 Å². The number of aromatic nitrogens is 3. The van der Waals surface area contributed by atoms with Crippen molar-refractivity contribution >= 4 is 34.4 Å². The van der Waals surface area contributed by atoms with Gasteiger partial charge in [-0.2, -0.15) is 0 Å². The zero-order valence-corrected chi connectivity index (χ0v) is 27.9. The van der Waals surface area contributed by atoms with Gasteiger partial charge in [-0.05, 0) is 92.2 Å². The van der Waals surface area contributed by atoms with E-state index in [1.165, 1.54) is 17.8 Å². The van der Waals surface area contributed by atoms with Crippen molar-refractivity contribution in [2.24, 2.45) is 0 Å². The lowest BCUT2D eigenvalue weighted by Crippen LogP contribution is -2.44. The van der Waals surface area contributed by atoms with Crippen LogP contribution in [-0.4, -0.2) is 69.9 Å². The predicted octanol–water partition coefficient (Wildman–Crippen LogP) is 5.84. The van der Waals surface area contributed by atoms with Gasteiger partial charge < -0.3 is 21.3 Å².